The van der Waals surface area contributed by atoms with Crippen LogP contribution in [0.1, 0.15) is 16.8 Å². The Morgan fingerprint density at radius 3 is 2.70 bits per heavy atom. The number of amides is 1. The molecule has 0 bridgehead atoms. The van der Waals surface area contributed by atoms with E-state index < -0.39 is 5.91 Å². The van der Waals surface area contributed by atoms with Gasteiger partial charge in [0.2, 0.25) is 5.95 Å². The third-order valence-electron chi connectivity index (χ3n) is 5.40. The van der Waals surface area contributed by atoms with Gasteiger partial charge in [0, 0.05) is 39.1 Å². The highest BCUT2D eigenvalue weighted by Crippen LogP contribution is 2.33. The fourth-order valence-corrected chi connectivity index (χ4v) is 3.60. The molecule has 174 valence electrons. The highest BCUT2D eigenvalue weighted by molar-refractivity contribution is 6.03. The average molecular weight is 454 g/mol. The number of aromatic nitrogens is 4. The molecule has 0 atom stereocenters. The molecule has 1 fully saturated rings. The van der Waals surface area contributed by atoms with E-state index in [0.717, 1.165) is 39.3 Å². The van der Waals surface area contributed by atoms with Crippen molar-refractivity contribution in [2.45, 2.75) is 6.42 Å². The van der Waals surface area contributed by atoms with Crippen LogP contribution in [0.3, 0.4) is 0 Å². The van der Waals surface area contributed by atoms with Crippen LogP contribution in [0.25, 0.3) is 10.9 Å². The molecule has 3 heterocycles. The molecule has 1 aromatic carbocycles. The summed E-state index contributed by atoms with van der Waals surface area (Å²) < 4.78 is 18.1. The molecule has 11 heteroatoms. The summed E-state index contributed by atoms with van der Waals surface area (Å²) in [5.74, 6) is 0.424. The van der Waals surface area contributed by atoms with Gasteiger partial charge in [-0.25, -0.2) is 15.0 Å². The van der Waals surface area contributed by atoms with Crippen molar-refractivity contribution in [3.63, 3.8) is 0 Å². The first-order valence-corrected chi connectivity index (χ1v) is 10.7. The van der Waals surface area contributed by atoms with E-state index >= 15 is 0 Å². The molecule has 1 aliphatic heterocycles. The molecule has 1 N–H and O–H groups in total. The van der Waals surface area contributed by atoms with Gasteiger partial charge < -0.3 is 14.2 Å². The zero-order valence-electron chi connectivity index (χ0n) is 18.6. The summed E-state index contributed by atoms with van der Waals surface area (Å²) in [5, 5.41) is 3.00. The van der Waals surface area contributed by atoms with E-state index in [1.165, 1.54) is 37.4 Å². The van der Waals surface area contributed by atoms with Gasteiger partial charge in [-0.15, -0.1) is 0 Å². The summed E-state index contributed by atoms with van der Waals surface area (Å²) in [5.41, 5.74) is 0.235. The Morgan fingerprint density at radius 1 is 1.21 bits per heavy atom. The molecular formula is C22H26N6O5. The number of nitrogens with one attached hydrogen (secondary N) is 1. The van der Waals surface area contributed by atoms with Gasteiger partial charge in [-0.05, 0) is 18.6 Å². The van der Waals surface area contributed by atoms with Crippen LogP contribution >= 0.6 is 0 Å². The smallest absolute Gasteiger partial charge is 0.262 e. The maximum atomic E-state index is 12.9. The maximum Gasteiger partial charge on any atom is 0.262 e. The van der Waals surface area contributed by atoms with Crippen molar-refractivity contribution in [1.29, 1.82) is 0 Å². The number of benzene rings is 1. The minimum Gasteiger partial charge on any atom is -0.491 e. The summed E-state index contributed by atoms with van der Waals surface area (Å²) >= 11 is 0. The summed E-state index contributed by atoms with van der Waals surface area (Å²) in [6.07, 6.45) is 4.93. The lowest BCUT2D eigenvalue weighted by Gasteiger charge is -2.26. The fourth-order valence-electron chi connectivity index (χ4n) is 3.60. The molecule has 1 saturated heterocycles. The number of nitrogens with zero attached hydrogens (tertiary/aromatic N) is 5. The van der Waals surface area contributed by atoms with Crippen molar-refractivity contribution < 1.29 is 19.0 Å². The minimum absolute atomic E-state index is 0.0733. The van der Waals surface area contributed by atoms with Gasteiger partial charge in [-0.1, -0.05) is 0 Å². The zero-order valence-corrected chi connectivity index (χ0v) is 18.6. The summed E-state index contributed by atoms with van der Waals surface area (Å²) in [7, 11) is 3.03. The quantitative estimate of drug-likeness (QED) is 0.499. The Labute approximate surface area is 190 Å². The fraction of sp³-hybridized carbons (Fsp3) is 0.409. The predicted molar refractivity (Wildman–Crippen MR) is 121 cm³/mol. The molecule has 0 radical (unpaired) electrons. The number of hydrogen-bond acceptors (Lipinski definition) is 9. The third kappa shape index (κ3) is 5.10. The van der Waals surface area contributed by atoms with Crippen molar-refractivity contribution in [2.24, 2.45) is 7.05 Å². The molecule has 0 aliphatic carbocycles. The van der Waals surface area contributed by atoms with Crippen LogP contribution in [0.15, 0.2) is 35.6 Å². The van der Waals surface area contributed by atoms with Crippen LogP contribution in [0.4, 0.5) is 5.95 Å². The second-order valence-corrected chi connectivity index (χ2v) is 7.53. The number of carbonyl (C=O) groups excluding carboxylic acids is 1. The molecule has 0 unspecified atom stereocenters. The van der Waals surface area contributed by atoms with Crippen molar-refractivity contribution in [3.8, 4) is 11.5 Å². The van der Waals surface area contributed by atoms with E-state index in [1.54, 1.807) is 12.1 Å². The Bertz CT molecular complexity index is 1180. The highest BCUT2D eigenvalue weighted by atomic mass is 16.5. The Kier molecular flexibility index (Phi) is 7.10. The van der Waals surface area contributed by atoms with Crippen molar-refractivity contribution in [2.75, 3.05) is 51.9 Å². The molecule has 11 nitrogen and oxygen atoms in total. The first-order valence-electron chi connectivity index (χ1n) is 10.7. The topological polar surface area (TPSA) is 121 Å². The van der Waals surface area contributed by atoms with Gasteiger partial charge in [0.15, 0.2) is 11.5 Å². The largest absolute Gasteiger partial charge is 0.491 e. The number of fused-ring (bicyclic) bond motifs is 1. The molecular weight excluding hydrogens is 428 g/mol. The van der Waals surface area contributed by atoms with Gasteiger partial charge in [-0.3, -0.25) is 24.4 Å². The second kappa shape index (κ2) is 10.4. The Hall–Kier alpha value is -3.57. The first-order chi connectivity index (χ1) is 16.1. The van der Waals surface area contributed by atoms with Crippen molar-refractivity contribution in [1.82, 2.24) is 24.4 Å². The molecule has 33 heavy (non-hydrogen) atoms. The summed E-state index contributed by atoms with van der Waals surface area (Å²) in [4.78, 5) is 39.9. The van der Waals surface area contributed by atoms with Crippen molar-refractivity contribution >= 4 is 22.8 Å². The molecule has 1 aliphatic rings. The molecule has 3 aromatic rings. The SMILES string of the molecule is COc1c(OCCCN2CCOCC2)ccc2c(=O)n(C)c(NC(=O)c3cncnc3)nc12. The number of methoxy groups -OCH3 is 1. The molecule has 4 rings (SSSR count). The van der Waals surface area contributed by atoms with Crippen LogP contribution in [-0.2, 0) is 11.8 Å². The lowest BCUT2D eigenvalue weighted by Crippen LogP contribution is -2.37. The van der Waals surface area contributed by atoms with Crippen LogP contribution in [0, 0.1) is 0 Å². The first kappa shape index (κ1) is 22.6. The van der Waals surface area contributed by atoms with E-state index in [4.69, 9.17) is 14.2 Å². The maximum absolute atomic E-state index is 12.9. The number of ether oxygens (including phenoxy) is 3. The number of morpholine rings is 1. The predicted octanol–water partition coefficient (Wildman–Crippen LogP) is 1.09. The molecule has 2 aromatic heterocycles. The van der Waals surface area contributed by atoms with Crippen LogP contribution in [0.5, 0.6) is 11.5 Å². The van der Waals surface area contributed by atoms with Gasteiger partial charge in [-0.2, -0.15) is 0 Å². The number of hydrogen-bond donors (Lipinski definition) is 1. The molecule has 0 saturated carbocycles. The monoisotopic (exact) mass is 454 g/mol. The molecule has 1 amide bonds. The molecule has 0 spiro atoms. The van der Waals surface area contributed by atoms with E-state index in [9.17, 15) is 9.59 Å². The van der Waals surface area contributed by atoms with Crippen molar-refractivity contribution in [3.05, 3.63) is 46.8 Å². The lowest BCUT2D eigenvalue weighted by molar-refractivity contribution is 0.0357. The number of carbonyl (C=O) groups is 1. The number of anilines is 1. The summed E-state index contributed by atoms with van der Waals surface area (Å²) in [6, 6.07) is 3.36. The normalized spacial score (nSPS) is 14.2. The summed E-state index contributed by atoms with van der Waals surface area (Å²) in [6.45, 7) is 4.78. The second-order valence-electron chi connectivity index (χ2n) is 7.53. The van der Waals surface area contributed by atoms with Gasteiger partial charge >= 0.3 is 0 Å². The average Bonchev–Trinajstić information content (AvgIpc) is 2.85. The van der Waals surface area contributed by atoms with E-state index in [1.807, 2.05) is 0 Å². The Morgan fingerprint density at radius 2 is 1.97 bits per heavy atom. The van der Waals surface area contributed by atoms with Crippen LogP contribution in [-0.4, -0.2) is 76.9 Å². The standard InChI is InChI=1S/C22H26N6O5/c1-27-21(30)16-4-5-17(33-9-3-6-28-7-10-32-11-8-28)19(31-2)18(16)25-22(27)26-20(29)15-12-23-14-24-13-15/h4-5,12-14H,3,6-11H2,1-2H3,(H,25,26,29). The van der Waals surface area contributed by atoms with Gasteiger partial charge in [0.05, 0.1) is 37.9 Å². The third-order valence-corrected chi connectivity index (χ3v) is 5.40. The van der Waals surface area contributed by atoms with Gasteiger partial charge in [0.1, 0.15) is 11.8 Å². The van der Waals surface area contributed by atoms with E-state index in [2.05, 4.69) is 25.2 Å². The van der Waals surface area contributed by atoms with Crippen LogP contribution in [0.2, 0.25) is 0 Å². The Balaban J connectivity index is 1.55. The minimum atomic E-state index is -0.480. The number of rotatable bonds is 8. The van der Waals surface area contributed by atoms with Crippen LogP contribution < -0.4 is 20.3 Å². The highest BCUT2D eigenvalue weighted by Gasteiger charge is 2.18. The van der Waals surface area contributed by atoms with Gasteiger partial charge in [0.25, 0.3) is 11.5 Å². The zero-order chi connectivity index (χ0) is 23.2. The van der Waals surface area contributed by atoms with E-state index in [-0.39, 0.29) is 17.1 Å². The lowest BCUT2D eigenvalue weighted by atomic mass is 10.2. The van der Waals surface area contributed by atoms with E-state index in [0.29, 0.717) is 29.0 Å².